The molecule has 1 aliphatic heterocycles. The van der Waals surface area contributed by atoms with Gasteiger partial charge in [-0.15, -0.1) is 0 Å². The zero-order valence-corrected chi connectivity index (χ0v) is 23.0. The Bertz CT molecular complexity index is 1410. The Balaban J connectivity index is 1.82. The first-order valence-corrected chi connectivity index (χ1v) is 13.4. The minimum atomic E-state index is -1.01. The molecule has 2 heterocycles. The molecule has 0 bridgehead atoms. The van der Waals surface area contributed by atoms with E-state index in [0.717, 1.165) is 24.2 Å². The molecule has 10 heteroatoms. The highest BCUT2D eigenvalue weighted by Gasteiger charge is 2.48. The first-order chi connectivity index (χ1) is 18.8. The van der Waals surface area contributed by atoms with Crippen molar-refractivity contribution in [1.82, 2.24) is 4.98 Å². The third kappa shape index (κ3) is 5.65. The smallest absolute Gasteiger partial charge is 0.350 e. The molecule has 0 spiro atoms. The first kappa shape index (κ1) is 27.8. The van der Waals surface area contributed by atoms with Crippen molar-refractivity contribution >= 4 is 39.9 Å². The van der Waals surface area contributed by atoms with Crippen molar-refractivity contribution in [3.63, 3.8) is 0 Å². The lowest BCUT2D eigenvalue weighted by Gasteiger charge is -2.23. The average Bonchev–Trinajstić information content (AvgIpc) is 3.45. The number of ether oxygens (including phenoxy) is 3. The van der Waals surface area contributed by atoms with Crippen LogP contribution in [-0.2, 0) is 14.3 Å². The third-order valence-electron chi connectivity index (χ3n) is 6.20. The van der Waals surface area contributed by atoms with Gasteiger partial charge in [0, 0.05) is 5.56 Å². The number of carbonyl (C=O) groups excluding carboxylic acids is 3. The summed E-state index contributed by atoms with van der Waals surface area (Å²) in [5, 5.41) is 11.5. The van der Waals surface area contributed by atoms with Gasteiger partial charge in [-0.3, -0.25) is 14.5 Å². The van der Waals surface area contributed by atoms with Crippen molar-refractivity contribution in [2.24, 2.45) is 0 Å². The molecule has 0 aliphatic carbocycles. The molecule has 1 atom stereocenters. The molecule has 39 heavy (non-hydrogen) atoms. The molecular weight excluding hydrogens is 520 g/mol. The molecule has 1 fully saturated rings. The summed E-state index contributed by atoms with van der Waals surface area (Å²) in [6, 6.07) is 12.6. The van der Waals surface area contributed by atoms with Crippen LogP contribution in [0, 0.1) is 6.92 Å². The van der Waals surface area contributed by atoms with Crippen LogP contribution in [0.2, 0.25) is 0 Å². The Morgan fingerprint density at radius 1 is 1.10 bits per heavy atom. The average molecular weight is 551 g/mol. The lowest BCUT2D eigenvalue weighted by Crippen LogP contribution is -2.29. The first-order valence-electron chi connectivity index (χ1n) is 12.6. The third-order valence-corrected chi connectivity index (χ3v) is 7.34. The fourth-order valence-electron chi connectivity index (χ4n) is 4.23. The predicted molar refractivity (Wildman–Crippen MR) is 147 cm³/mol. The summed E-state index contributed by atoms with van der Waals surface area (Å²) in [4.78, 5) is 45.2. The summed E-state index contributed by atoms with van der Waals surface area (Å²) in [6.45, 7) is 6.16. The predicted octanol–water partition coefficient (Wildman–Crippen LogP) is 5.44. The van der Waals surface area contributed by atoms with Gasteiger partial charge in [-0.2, -0.15) is 0 Å². The van der Waals surface area contributed by atoms with Crippen LogP contribution in [0.4, 0.5) is 5.13 Å². The quantitative estimate of drug-likeness (QED) is 0.117. The van der Waals surface area contributed by atoms with Gasteiger partial charge in [0.15, 0.2) is 5.13 Å². The van der Waals surface area contributed by atoms with Crippen molar-refractivity contribution in [2.75, 3.05) is 25.2 Å². The van der Waals surface area contributed by atoms with Crippen LogP contribution in [0.25, 0.3) is 5.76 Å². The Hall–Kier alpha value is -4.18. The maximum atomic E-state index is 13.4. The van der Waals surface area contributed by atoms with Crippen molar-refractivity contribution in [3.8, 4) is 11.5 Å². The van der Waals surface area contributed by atoms with Gasteiger partial charge in [0.25, 0.3) is 5.78 Å². The molecular formula is C29H30N2O7S. The molecule has 1 aliphatic rings. The van der Waals surface area contributed by atoms with Crippen LogP contribution < -0.4 is 14.4 Å². The summed E-state index contributed by atoms with van der Waals surface area (Å²) >= 11 is 0.955. The van der Waals surface area contributed by atoms with Crippen LogP contribution in [0.15, 0.2) is 54.1 Å². The molecule has 0 radical (unpaired) electrons. The number of Topliss-reactive ketones (excluding diaryl/α,β-unsaturated/α-hetero) is 1. The van der Waals surface area contributed by atoms with Gasteiger partial charge in [0.2, 0.25) is 0 Å². The maximum absolute atomic E-state index is 13.4. The highest BCUT2D eigenvalue weighted by atomic mass is 32.1. The van der Waals surface area contributed by atoms with Gasteiger partial charge in [0.1, 0.15) is 22.1 Å². The summed E-state index contributed by atoms with van der Waals surface area (Å²) in [6.07, 6.45) is 1.92. The van der Waals surface area contributed by atoms with E-state index in [-0.39, 0.29) is 27.9 Å². The van der Waals surface area contributed by atoms with Gasteiger partial charge in [0.05, 0.1) is 37.6 Å². The minimum Gasteiger partial charge on any atom is -0.507 e. The van der Waals surface area contributed by atoms with Crippen molar-refractivity contribution in [3.05, 3.63) is 75.8 Å². The SMILES string of the molecule is CCCCOc1ccc(C(O)=C2C(=O)C(=O)N(c3nc(C)c(C(=O)OCC)s3)C2c2cccc(OC)c2)cc1. The molecule has 1 saturated heterocycles. The van der Waals surface area contributed by atoms with E-state index in [2.05, 4.69) is 11.9 Å². The minimum absolute atomic E-state index is 0.0987. The molecule has 1 aromatic heterocycles. The largest absolute Gasteiger partial charge is 0.507 e. The van der Waals surface area contributed by atoms with Gasteiger partial charge >= 0.3 is 11.9 Å². The number of aromatic nitrogens is 1. The van der Waals surface area contributed by atoms with Gasteiger partial charge < -0.3 is 19.3 Å². The van der Waals surface area contributed by atoms with Crippen LogP contribution in [-0.4, -0.2) is 48.1 Å². The molecule has 1 N–H and O–H groups in total. The number of hydrogen-bond donors (Lipinski definition) is 1. The molecule has 1 amide bonds. The van der Waals surface area contributed by atoms with E-state index < -0.39 is 23.7 Å². The van der Waals surface area contributed by atoms with Crippen LogP contribution in [0.5, 0.6) is 11.5 Å². The van der Waals surface area contributed by atoms with Gasteiger partial charge in [-0.05, 0) is 62.2 Å². The Morgan fingerprint density at radius 3 is 2.51 bits per heavy atom. The number of nitrogens with zero attached hydrogens (tertiary/aromatic N) is 2. The maximum Gasteiger partial charge on any atom is 0.350 e. The zero-order valence-electron chi connectivity index (χ0n) is 22.2. The number of ketones is 1. The monoisotopic (exact) mass is 550 g/mol. The van der Waals surface area contributed by atoms with Crippen LogP contribution >= 0.6 is 11.3 Å². The lowest BCUT2D eigenvalue weighted by molar-refractivity contribution is -0.132. The number of aliphatic hydroxyl groups excluding tert-OH is 1. The van der Waals surface area contributed by atoms with Crippen LogP contribution in [0.3, 0.4) is 0 Å². The number of unbranched alkanes of at least 4 members (excludes halogenated alkanes) is 1. The lowest BCUT2D eigenvalue weighted by atomic mass is 9.95. The number of thiazole rings is 1. The zero-order chi connectivity index (χ0) is 28.1. The standard InChI is InChI=1S/C29H30N2O7S/c1-5-7-15-38-20-13-11-18(12-14-20)24(32)22-23(19-9-8-10-21(16-19)36-4)31(27(34)25(22)33)29-30-17(3)26(39-29)28(35)37-6-2/h8-14,16,23,32H,5-7,15H2,1-4H3. The number of methoxy groups -OCH3 is 1. The van der Waals surface area contributed by atoms with Gasteiger partial charge in [-0.1, -0.05) is 36.8 Å². The number of amides is 1. The summed E-state index contributed by atoms with van der Waals surface area (Å²) in [5.41, 5.74) is 1.16. The summed E-state index contributed by atoms with van der Waals surface area (Å²) < 4.78 is 16.2. The second-order valence-electron chi connectivity index (χ2n) is 8.80. The number of aliphatic hydroxyl groups is 1. The summed E-state index contributed by atoms with van der Waals surface area (Å²) in [7, 11) is 1.51. The fraction of sp³-hybridized carbons (Fsp3) is 0.310. The molecule has 2 aromatic carbocycles. The molecule has 4 rings (SSSR count). The van der Waals surface area contributed by atoms with E-state index in [9.17, 15) is 19.5 Å². The number of esters is 1. The Kier molecular flexibility index (Phi) is 8.65. The topological polar surface area (TPSA) is 115 Å². The van der Waals surface area contributed by atoms with E-state index in [1.54, 1.807) is 62.4 Å². The Labute approximate surface area is 230 Å². The summed E-state index contributed by atoms with van der Waals surface area (Å²) in [5.74, 6) is -1.48. The van der Waals surface area contributed by atoms with Crippen molar-refractivity contribution in [1.29, 1.82) is 0 Å². The molecule has 9 nitrogen and oxygen atoms in total. The van der Waals surface area contributed by atoms with Gasteiger partial charge in [-0.25, -0.2) is 9.78 Å². The van der Waals surface area contributed by atoms with E-state index >= 15 is 0 Å². The number of carbonyl (C=O) groups is 3. The number of anilines is 1. The molecule has 1 unspecified atom stereocenters. The highest BCUT2D eigenvalue weighted by Crippen LogP contribution is 2.44. The highest BCUT2D eigenvalue weighted by molar-refractivity contribution is 7.17. The normalized spacial score (nSPS) is 16.4. The van der Waals surface area contributed by atoms with E-state index in [1.165, 1.54) is 12.0 Å². The van der Waals surface area contributed by atoms with Crippen molar-refractivity contribution < 1.29 is 33.7 Å². The number of hydrogen-bond acceptors (Lipinski definition) is 9. The van der Waals surface area contributed by atoms with Crippen molar-refractivity contribution in [2.45, 2.75) is 39.7 Å². The molecule has 3 aromatic rings. The fourth-order valence-corrected chi connectivity index (χ4v) is 5.21. The number of benzene rings is 2. The second kappa shape index (κ2) is 12.1. The van der Waals surface area contributed by atoms with E-state index in [0.29, 0.717) is 34.9 Å². The van der Waals surface area contributed by atoms with Crippen LogP contribution in [0.1, 0.15) is 59.2 Å². The number of aryl methyl sites for hydroxylation is 1. The Morgan fingerprint density at radius 2 is 1.85 bits per heavy atom. The number of rotatable bonds is 10. The van der Waals surface area contributed by atoms with E-state index in [1.807, 2.05) is 0 Å². The van der Waals surface area contributed by atoms with E-state index in [4.69, 9.17) is 14.2 Å². The molecule has 0 saturated carbocycles. The second-order valence-corrected chi connectivity index (χ2v) is 9.78. The molecule has 204 valence electrons.